The van der Waals surface area contributed by atoms with E-state index in [9.17, 15) is 4.79 Å². The third-order valence-corrected chi connectivity index (χ3v) is 4.05. The number of rotatable bonds is 3. The molecule has 0 aromatic heterocycles. The molecule has 2 atom stereocenters. The van der Waals surface area contributed by atoms with Gasteiger partial charge in [0.2, 0.25) is 5.91 Å². The first-order valence-corrected chi connectivity index (χ1v) is 6.90. The zero-order chi connectivity index (χ0) is 12.3. The van der Waals surface area contributed by atoms with Gasteiger partial charge in [0.15, 0.2) is 0 Å². The van der Waals surface area contributed by atoms with E-state index in [0.29, 0.717) is 11.9 Å². The van der Waals surface area contributed by atoms with E-state index in [-0.39, 0.29) is 5.92 Å². The van der Waals surface area contributed by atoms with Gasteiger partial charge in [-0.2, -0.15) is 0 Å². The second-order valence-electron chi connectivity index (χ2n) is 5.43. The predicted octanol–water partition coefficient (Wildman–Crippen LogP) is 0.539. The van der Waals surface area contributed by atoms with Crippen molar-refractivity contribution in [3.05, 3.63) is 0 Å². The zero-order valence-corrected chi connectivity index (χ0v) is 11.1. The van der Waals surface area contributed by atoms with Crippen LogP contribution in [0.15, 0.2) is 0 Å². The van der Waals surface area contributed by atoms with E-state index >= 15 is 0 Å². The van der Waals surface area contributed by atoms with Gasteiger partial charge in [-0.05, 0) is 32.9 Å². The Hall–Kier alpha value is -0.610. The van der Waals surface area contributed by atoms with E-state index in [4.69, 9.17) is 0 Å². The van der Waals surface area contributed by atoms with Gasteiger partial charge in [0.25, 0.3) is 0 Å². The molecule has 0 aliphatic carbocycles. The van der Waals surface area contributed by atoms with E-state index in [1.54, 1.807) is 0 Å². The van der Waals surface area contributed by atoms with E-state index < -0.39 is 0 Å². The average Bonchev–Trinajstić information content (AvgIpc) is 2.66. The Morgan fingerprint density at radius 1 is 1.35 bits per heavy atom. The summed E-state index contributed by atoms with van der Waals surface area (Å²) in [6.07, 6.45) is 3.71. The lowest BCUT2D eigenvalue weighted by Crippen LogP contribution is -2.43. The highest BCUT2D eigenvalue weighted by Crippen LogP contribution is 2.22. The standard InChI is InChI=1S/C13H25N3O/c1-11(9-14-2)13(17)16-8-4-7-15-6-3-5-12(15)10-16/h11-12,14H,3-10H2,1-2H3. The number of amides is 1. The monoisotopic (exact) mass is 239 g/mol. The fourth-order valence-corrected chi connectivity index (χ4v) is 3.11. The van der Waals surface area contributed by atoms with Gasteiger partial charge in [-0.3, -0.25) is 9.69 Å². The van der Waals surface area contributed by atoms with Crippen molar-refractivity contribution in [3.63, 3.8) is 0 Å². The second kappa shape index (κ2) is 5.83. The molecule has 4 nitrogen and oxygen atoms in total. The van der Waals surface area contributed by atoms with Crippen molar-refractivity contribution in [2.45, 2.75) is 32.2 Å². The normalized spacial score (nSPS) is 27.6. The molecule has 0 spiro atoms. The highest BCUT2D eigenvalue weighted by molar-refractivity contribution is 5.78. The molecule has 0 aromatic carbocycles. The zero-order valence-electron chi connectivity index (χ0n) is 11.1. The van der Waals surface area contributed by atoms with Crippen LogP contribution in [0.4, 0.5) is 0 Å². The highest BCUT2D eigenvalue weighted by atomic mass is 16.2. The van der Waals surface area contributed by atoms with Gasteiger partial charge >= 0.3 is 0 Å². The smallest absolute Gasteiger partial charge is 0.226 e. The minimum Gasteiger partial charge on any atom is -0.341 e. The van der Waals surface area contributed by atoms with Crippen molar-refractivity contribution in [1.29, 1.82) is 0 Å². The fraction of sp³-hybridized carbons (Fsp3) is 0.923. The van der Waals surface area contributed by atoms with E-state index in [1.807, 2.05) is 14.0 Å². The molecule has 17 heavy (non-hydrogen) atoms. The molecular weight excluding hydrogens is 214 g/mol. The molecule has 0 radical (unpaired) electrons. The molecule has 0 saturated carbocycles. The van der Waals surface area contributed by atoms with E-state index in [2.05, 4.69) is 15.1 Å². The van der Waals surface area contributed by atoms with Gasteiger partial charge in [0.1, 0.15) is 0 Å². The predicted molar refractivity (Wildman–Crippen MR) is 68.9 cm³/mol. The molecule has 1 N–H and O–H groups in total. The molecule has 2 aliphatic heterocycles. The lowest BCUT2D eigenvalue weighted by Gasteiger charge is -2.27. The number of hydrogen-bond acceptors (Lipinski definition) is 3. The van der Waals surface area contributed by atoms with Gasteiger partial charge < -0.3 is 10.2 Å². The van der Waals surface area contributed by atoms with Crippen LogP contribution in [0.3, 0.4) is 0 Å². The maximum Gasteiger partial charge on any atom is 0.226 e. The van der Waals surface area contributed by atoms with Crippen LogP contribution in [-0.4, -0.2) is 61.5 Å². The van der Waals surface area contributed by atoms with Crippen molar-refractivity contribution >= 4 is 5.91 Å². The summed E-state index contributed by atoms with van der Waals surface area (Å²) in [7, 11) is 1.91. The molecule has 98 valence electrons. The lowest BCUT2D eigenvalue weighted by molar-refractivity contribution is -0.135. The number of nitrogens with zero attached hydrogens (tertiary/aromatic N) is 2. The third-order valence-electron chi connectivity index (χ3n) is 4.05. The van der Waals surface area contributed by atoms with Crippen molar-refractivity contribution in [2.75, 3.05) is 39.8 Å². The SMILES string of the molecule is CNCC(C)C(=O)N1CCCN2CCCC2C1. The third kappa shape index (κ3) is 2.99. The molecular formula is C13H25N3O. The topological polar surface area (TPSA) is 35.6 Å². The molecule has 2 rings (SSSR count). The summed E-state index contributed by atoms with van der Waals surface area (Å²) >= 11 is 0. The van der Waals surface area contributed by atoms with Gasteiger partial charge in [-0.15, -0.1) is 0 Å². The molecule has 2 heterocycles. The number of carbonyl (C=O) groups is 1. The molecule has 0 aromatic rings. The Labute approximate surface area is 104 Å². The number of nitrogens with one attached hydrogen (secondary N) is 1. The maximum atomic E-state index is 12.3. The number of carbonyl (C=O) groups excluding carboxylic acids is 1. The van der Waals surface area contributed by atoms with Crippen LogP contribution in [-0.2, 0) is 4.79 Å². The van der Waals surface area contributed by atoms with Gasteiger partial charge in [-0.1, -0.05) is 6.92 Å². The maximum absolute atomic E-state index is 12.3. The second-order valence-corrected chi connectivity index (χ2v) is 5.43. The number of hydrogen-bond donors (Lipinski definition) is 1. The summed E-state index contributed by atoms with van der Waals surface area (Å²) in [6, 6.07) is 0.628. The molecule has 1 amide bonds. The number of fused-ring (bicyclic) bond motifs is 1. The van der Waals surface area contributed by atoms with Crippen molar-refractivity contribution in [2.24, 2.45) is 5.92 Å². The van der Waals surface area contributed by atoms with Crippen molar-refractivity contribution in [3.8, 4) is 0 Å². The first kappa shape index (κ1) is 12.8. The van der Waals surface area contributed by atoms with E-state index in [0.717, 1.165) is 26.1 Å². The summed E-state index contributed by atoms with van der Waals surface area (Å²) in [5.74, 6) is 0.432. The summed E-state index contributed by atoms with van der Waals surface area (Å²) in [5, 5.41) is 3.09. The Morgan fingerprint density at radius 2 is 2.12 bits per heavy atom. The van der Waals surface area contributed by atoms with Gasteiger partial charge in [0, 0.05) is 38.1 Å². The summed E-state index contributed by atoms with van der Waals surface area (Å²) in [4.78, 5) is 17.0. The molecule has 0 bridgehead atoms. The first-order valence-electron chi connectivity index (χ1n) is 6.90. The Kier molecular flexibility index (Phi) is 4.40. The van der Waals surface area contributed by atoms with Crippen LogP contribution in [0.1, 0.15) is 26.2 Å². The van der Waals surface area contributed by atoms with Crippen molar-refractivity contribution in [1.82, 2.24) is 15.1 Å². The van der Waals surface area contributed by atoms with Crippen LogP contribution in [0.25, 0.3) is 0 Å². The average molecular weight is 239 g/mol. The summed E-state index contributed by atoms with van der Waals surface area (Å²) in [6.45, 7) is 7.11. The minimum atomic E-state index is 0.105. The van der Waals surface area contributed by atoms with Crippen molar-refractivity contribution < 1.29 is 4.79 Å². The molecule has 2 unspecified atom stereocenters. The fourth-order valence-electron chi connectivity index (χ4n) is 3.11. The summed E-state index contributed by atoms with van der Waals surface area (Å²) in [5.41, 5.74) is 0. The summed E-state index contributed by atoms with van der Waals surface area (Å²) < 4.78 is 0. The largest absolute Gasteiger partial charge is 0.341 e. The quantitative estimate of drug-likeness (QED) is 0.781. The van der Waals surface area contributed by atoms with Crippen LogP contribution in [0.2, 0.25) is 0 Å². The Balaban J connectivity index is 1.93. The lowest BCUT2D eigenvalue weighted by atomic mass is 10.1. The first-order chi connectivity index (χ1) is 8.22. The molecule has 2 fully saturated rings. The minimum absolute atomic E-state index is 0.105. The Bertz CT molecular complexity index is 269. The van der Waals surface area contributed by atoms with Crippen LogP contribution >= 0.6 is 0 Å². The van der Waals surface area contributed by atoms with Crippen LogP contribution in [0, 0.1) is 5.92 Å². The van der Waals surface area contributed by atoms with Gasteiger partial charge in [0.05, 0.1) is 0 Å². The molecule has 2 aliphatic rings. The highest BCUT2D eigenvalue weighted by Gasteiger charge is 2.31. The van der Waals surface area contributed by atoms with Gasteiger partial charge in [-0.25, -0.2) is 0 Å². The van der Waals surface area contributed by atoms with E-state index in [1.165, 1.54) is 25.9 Å². The molecule has 4 heteroatoms. The van der Waals surface area contributed by atoms with Crippen LogP contribution < -0.4 is 5.32 Å². The van der Waals surface area contributed by atoms with Crippen LogP contribution in [0.5, 0.6) is 0 Å². The molecule has 2 saturated heterocycles. The Morgan fingerprint density at radius 3 is 2.88 bits per heavy atom.